The number of primary amides is 1. The van der Waals surface area contributed by atoms with Gasteiger partial charge in [0.2, 0.25) is 11.8 Å². The summed E-state index contributed by atoms with van der Waals surface area (Å²) in [5.41, 5.74) is 5.29. The maximum atomic E-state index is 11.8. The molecule has 0 bridgehead atoms. The molecule has 4 N–H and O–H groups in total. The fraction of sp³-hybridized carbons (Fsp3) is 0.812. The summed E-state index contributed by atoms with van der Waals surface area (Å²) >= 11 is 0. The zero-order valence-corrected chi connectivity index (χ0v) is 14.6. The molecule has 0 spiro atoms. The molecule has 7 heteroatoms. The van der Waals surface area contributed by atoms with Crippen molar-refractivity contribution in [2.24, 2.45) is 16.6 Å². The van der Waals surface area contributed by atoms with E-state index in [2.05, 4.69) is 20.5 Å². The Balaban J connectivity index is 2.39. The van der Waals surface area contributed by atoms with Crippen molar-refractivity contribution in [1.82, 2.24) is 15.5 Å². The molecule has 0 aromatic rings. The molecule has 0 aliphatic carbocycles. The number of piperidine rings is 1. The fourth-order valence-electron chi connectivity index (χ4n) is 2.78. The third-order valence-corrected chi connectivity index (χ3v) is 4.18. The molecule has 0 aromatic carbocycles. The normalized spacial score (nSPS) is 20.0. The molecule has 0 saturated carbocycles. The van der Waals surface area contributed by atoms with E-state index in [1.165, 1.54) is 0 Å². The first-order valence-electron chi connectivity index (χ1n) is 8.49. The monoisotopic (exact) mass is 325 g/mol. The Labute approximate surface area is 139 Å². The highest BCUT2D eigenvalue weighted by atomic mass is 16.2. The average Bonchev–Trinajstić information content (AvgIpc) is 2.51. The van der Waals surface area contributed by atoms with Crippen molar-refractivity contribution in [2.45, 2.75) is 52.0 Å². The van der Waals surface area contributed by atoms with Crippen LogP contribution in [0.2, 0.25) is 0 Å². The van der Waals surface area contributed by atoms with Crippen molar-refractivity contribution in [1.29, 1.82) is 0 Å². The molecular weight excluding hydrogens is 294 g/mol. The Morgan fingerprint density at radius 1 is 1.43 bits per heavy atom. The number of carbonyl (C=O) groups excluding carboxylic acids is 2. The van der Waals surface area contributed by atoms with Crippen LogP contribution in [0.4, 0.5) is 0 Å². The third kappa shape index (κ3) is 7.34. The van der Waals surface area contributed by atoms with E-state index in [9.17, 15) is 9.59 Å². The summed E-state index contributed by atoms with van der Waals surface area (Å²) < 4.78 is 0. The highest BCUT2D eigenvalue weighted by Crippen LogP contribution is 2.19. The molecule has 1 rings (SSSR count). The van der Waals surface area contributed by atoms with Gasteiger partial charge in [-0.25, -0.2) is 0 Å². The highest BCUT2D eigenvalue weighted by Gasteiger charge is 2.23. The minimum atomic E-state index is -0.249. The number of nitrogens with zero attached hydrogens (tertiary/aromatic N) is 2. The maximum absolute atomic E-state index is 11.8. The SMILES string of the molecule is CCC(C)NC(=O)CCNC(=NC)N1CCCC(CC(N)=O)C1. The Morgan fingerprint density at radius 2 is 2.17 bits per heavy atom. The van der Waals surface area contributed by atoms with E-state index in [1.807, 2.05) is 13.8 Å². The van der Waals surface area contributed by atoms with Crippen LogP contribution >= 0.6 is 0 Å². The second-order valence-corrected chi connectivity index (χ2v) is 6.23. The third-order valence-electron chi connectivity index (χ3n) is 4.18. The van der Waals surface area contributed by atoms with Gasteiger partial charge in [0.05, 0.1) is 0 Å². The van der Waals surface area contributed by atoms with Crippen molar-refractivity contribution < 1.29 is 9.59 Å². The quantitative estimate of drug-likeness (QED) is 0.467. The molecule has 1 aliphatic rings. The van der Waals surface area contributed by atoms with Crippen molar-refractivity contribution in [3.8, 4) is 0 Å². The number of hydrogen-bond acceptors (Lipinski definition) is 3. The summed E-state index contributed by atoms with van der Waals surface area (Å²) in [7, 11) is 1.74. The van der Waals surface area contributed by atoms with Crippen molar-refractivity contribution in [3.63, 3.8) is 0 Å². The summed E-state index contributed by atoms with van der Waals surface area (Å²) in [4.78, 5) is 29.3. The molecule has 1 aliphatic heterocycles. The number of hydrogen-bond donors (Lipinski definition) is 3. The summed E-state index contributed by atoms with van der Waals surface area (Å²) in [5.74, 6) is 0.873. The van der Waals surface area contributed by atoms with E-state index < -0.39 is 0 Å². The number of nitrogens with one attached hydrogen (secondary N) is 2. The van der Waals surface area contributed by atoms with Crippen LogP contribution in [0.5, 0.6) is 0 Å². The lowest BCUT2D eigenvalue weighted by atomic mass is 9.95. The largest absolute Gasteiger partial charge is 0.370 e. The lowest BCUT2D eigenvalue weighted by Crippen LogP contribution is -2.48. The Kier molecular flexibility index (Phi) is 8.43. The predicted molar refractivity (Wildman–Crippen MR) is 92.0 cm³/mol. The van der Waals surface area contributed by atoms with Crippen LogP contribution in [0.1, 0.15) is 46.0 Å². The second kappa shape index (κ2) is 10.1. The van der Waals surface area contributed by atoms with Gasteiger partial charge in [-0.3, -0.25) is 14.6 Å². The minimum Gasteiger partial charge on any atom is -0.370 e. The summed E-state index contributed by atoms with van der Waals surface area (Å²) in [6.07, 6.45) is 3.81. The van der Waals surface area contributed by atoms with E-state index in [-0.39, 0.29) is 23.8 Å². The Morgan fingerprint density at radius 3 is 2.78 bits per heavy atom. The summed E-state index contributed by atoms with van der Waals surface area (Å²) in [6.45, 7) is 6.28. The molecule has 132 valence electrons. The molecule has 2 unspecified atom stereocenters. The Hall–Kier alpha value is -1.79. The molecule has 0 aromatic heterocycles. The molecular formula is C16H31N5O2. The number of likely N-dealkylation sites (tertiary alicyclic amines) is 1. The number of guanidine groups is 1. The van der Waals surface area contributed by atoms with Gasteiger partial charge in [0.15, 0.2) is 5.96 Å². The minimum absolute atomic E-state index is 0.0487. The number of nitrogens with two attached hydrogens (primary N) is 1. The highest BCUT2D eigenvalue weighted by molar-refractivity contribution is 5.81. The lowest BCUT2D eigenvalue weighted by Gasteiger charge is -2.34. The Bertz CT molecular complexity index is 425. The van der Waals surface area contributed by atoms with Gasteiger partial charge in [-0.05, 0) is 32.1 Å². The zero-order chi connectivity index (χ0) is 17.2. The van der Waals surface area contributed by atoms with Crippen molar-refractivity contribution in [3.05, 3.63) is 0 Å². The van der Waals surface area contributed by atoms with E-state index in [0.717, 1.165) is 38.3 Å². The molecule has 7 nitrogen and oxygen atoms in total. The average molecular weight is 325 g/mol. The molecule has 2 atom stereocenters. The molecule has 23 heavy (non-hydrogen) atoms. The molecule has 0 radical (unpaired) electrons. The van der Waals surface area contributed by atoms with Crippen molar-refractivity contribution >= 4 is 17.8 Å². The predicted octanol–water partition coefficient (Wildman–Crippen LogP) is 0.454. The number of carbonyl (C=O) groups is 2. The van der Waals surface area contributed by atoms with Gasteiger partial charge in [-0.2, -0.15) is 0 Å². The first kappa shape index (κ1) is 19.3. The van der Waals surface area contributed by atoms with E-state index in [4.69, 9.17) is 5.73 Å². The second-order valence-electron chi connectivity index (χ2n) is 6.23. The van der Waals surface area contributed by atoms with Gasteiger partial charge in [-0.1, -0.05) is 6.92 Å². The number of amides is 2. The number of rotatable bonds is 7. The van der Waals surface area contributed by atoms with Crippen LogP contribution in [0.25, 0.3) is 0 Å². The summed E-state index contributed by atoms with van der Waals surface area (Å²) in [6, 6.07) is 0.207. The van der Waals surface area contributed by atoms with Crippen LogP contribution in [0, 0.1) is 5.92 Å². The topological polar surface area (TPSA) is 99.8 Å². The van der Waals surface area contributed by atoms with Crippen LogP contribution < -0.4 is 16.4 Å². The fourth-order valence-corrected chi connectivity index (χ4v) is 2.78. The van der Waals surface area contributed by atoms with Gasteiger partial charge in [0, 0.05) is 45.6 Å². The van der Waals surface area contributed by atoms with Gasteiger partial charge < -0.3 is 21.3 Å². The maximum Gasteiger partial charge on any atom is 0.221 e. The van der Waals surface area contributed by atoms with Gasteiger partial charge in [0.1, 0.15) is 0 Å². The smallest absolute Gasteiger partial charge is 0.221 e. The first-order chi connectivity index (χ1) is 11.0. The van der Waals surface area contributed by atoms with Crippen LogP contribution in [0.3, 0.4) is 0 Å². The van der Waals surface area contributed by atoms with E-state index >= 15 is 0 Å². The molecule has 2 amide bonds. The zero-order valence-electron chi connectivity index (χ0n) is 14.6. The lowest BCUT2D eigenvalue weighted by molar-refractivity contribution is -0.121. The molecule has 1 fully saturated rings. The summed E-state index contributed by atoms with van der Waals surface area (Å²) in [5, 5.41) is 6.18. The van der Waals surface area contributed by atoms with Crippen LogP contribution in [-0.4, -0.2) is 55.4 Å². The first-order valence-corrected chi connectivity index (χ1v) is 8.49. The molecule has 1 heterocycles. The van der Waals surface area contributed by atoms with Crippen molar-refractivity contribution in [2.75, 3.05) is 26.7 Å². The van der Waals surface area contributed by atoms with Crippen LogP contribution in [0.15, 0.2) is 4.99 Å². The number of aliphatic imine (C=N–C) groups is 1. The standard InChI is InChI=1S/C16H31N5O2/c1-4-12(2)20-15(23)7-8-19-16(18-3)21-9-5-6-13(11-21)10-14(17)22/h12-13H,4-11H2,1-3H3,(H2,17,22)(H,18,19)(H,20,23). The van der Waals surface area contributed by atoms with Crippen LogP contribution in [-0.2, 0) is 9.59 Å². The van der Waals surface area contributed by atoms with E-state index in [1.54, 1.807) is 7.05 Å². The van der Waals surface area contributed by atoms with Gasteiger partial charge >= 0.3 is 0 Å². The van der Waals surface area contributed by atoms with Gasteiger partial charge in [0.25, 0.3) is 0 Å². The van der Waals surface area contributed by atoms with Gasteiger partial charge in [-0.15, -0.1) is 0 Å². The van der Waals surface area contributed by atoms with E-state index in [0.29, 0.717) is 19.4 Å². The molecule has 1 saturated heterocycles.